The molecule has 5 aromatic rings. The summed E-state index contributed by atoms with van der Waals surface area (Å²) in [4.78, 5) is 32.4. The minimum atomic E-state index is -0.810. The predicted molar refractivity (Wildman–Crippen MR) is 135 cm³/mol. The van der Waals surface area contributed by atoms with E-state index < -0.39 is 29.4 Å². The van der Waals surface area contributed by atoms with Crippen LogP contribution in [0.3, 0.4) is 0 Å². The molecule has 1 amide bonds. The number of benzene rings is 1. The second kappa shape index (κ2) is 9.91. The number of H-pyrrole nitrogens is 1. The molecule has 0 aliphatic carbocycles. The van der Waals surface area contributed by atoms with Crippen LogP contribution >= 0.6 is 0 Å². The highest BCUT2D eigenvalue weighted by molar-refractivity contribution is 5.94. The van der Waals surface area contributed by atoms with Crippen LogP contribution in [0.2, 0.25) is 0 Å². The number of nitrogens with zero attached hydrogens (tertiary/aromatic N) is 7. The average molecular weight is 534 g/mol. The third-order valence-corrected chi connectivity index (χ3v) is 6.69. The summed E-state index contributed by atoms with van der Waals surface area (Å²) in [6.07, 6.45) is 4.86. The van der Waals surface area contributed by atoms with Crippen molar-refractivity contribution < 1.29 is 18.0 Å². The Labute approximate surface area is 219 Å². The van der Waals surface area contributed by atoms with Crippen LogP contribution in [0.4, 0.5) is 13.2 Å². The fourth-order valence-electron chi connectivity index (χ4n) is 5.06. The van der Waals surface area contributed by atoms with Crippen molar-refractivity contribution in [3.63, 3.8) is 0 Å². The van der Waals surface area contributed by atoms with Gasteiger partial charge in [0.25, 0.3) is 5.91 Å². The molecule has 4 aromatic heterocycles. The third-order valence-electron chi connectivity index (χ3n) is 6.69. The second-order valence-corrected chi connectivity index (χ2v) is 9.44. The van der Waals surface area contributed by atoms with Crippen molar-refractivity contribution in [1.82, 2.24) is 44.9 Å². The van der Waals surface area contributed by atoms with Crippen LogP contribution in [0.25, 0.3) is 34.1 Å². The molecule has 5 heterocycles. The highest BCUT2D eigenvalue weighted by Gasteiger charge is 2.32. The number of imidazole rings is 1. The molecule has 0 spiro atoms. The van der Waals surface area contributed by atoms with Crippen LogP contribution in [0.15, 0.2) is 55.1 Å². The first-order valence-corrected chi connectivity index (χ1v) is 12.2. The normalized spacial score (nSPS) is 17.9. The standard InChI is InChI=1S/C26H22F3N9O/c1-37-11-15(34-26(39)17-7-14(27)4-5-18(17)28)8-16(12-37)38-22-9-20(24-32-13-33-36-24)31-10-21(22)35-25(38)23-19(29)3-2-6-30-23/h2-7,9-10,13,15-16H,8,11-12H2,1H3,(H,34,39)(H,32,33,36). The number of likely N-dealkylation sites (tertiary alicyclic amines) is 1. The molecular formula is C26H22F3N9O. The minimum absolute atomic E-state index is 0.0746. The predicted octanol–water partition coefficient (Wildman–Crippen LogP) is 3.37. The van der Waals surface area contributed by atoms with Crippen LogP contribution in [0.5, 0.6) is 0 Å². The summed E-state index contributed by atoms with van der Waals surface area (Å²) in [6, 6.07) is 6.65. The molecule has 6 rings (SSSR count). The quantitative estimate of drug-likeness (QED) is 0.356. The molecule has 2 N–H and O–H groups in total. The van der Waals surface area contributed by atoms with Gasteiger partial charge in [0.1, 0.15) is 34.9 Å². The number of halogens is 3. The number of pyridine rings is 2. The first-order chi connectivity index (χ1) is 18.9. The number of carbonyl (C=O) groups is 1. The number of amides is 1. The zero-order valence-corrected chi connectivity index (χ0v) is 20.6. The van der Waals surface area contributed by atoms with Gasteiger partial charge in [-0.3, -0.25) is 14.9 Å². The average Bonchev–Trinajstić information content (AvgIpc) is 3.58. The smallest absolute Gasteiger partial charge is 0.254 e. The van der Waals surface area contributed by atoms with Crippen molar-refractivity contribution in [2.24, 2.45) is 0 Å². The van der Waals surface area contributed by atoms with E-state index >= 15 is 0 Å². The van der Waals surface area contributed by atoms with Gasteiger partial charge in [-0.1, -0.05) is 0 Å². The number of likely N-dealkylation sites (N-methyl/N-ethyl adjacent to an activating group) is 1. The third kappa shape index (κ3) is 4.72. The largest absolute Gasteiger partial charge is 0.348 e. The van der Waals surface area contributed by atoms with Crippen molar-refractivity contribution in [3.05, 3.63) is 78.1 Å². The van der Waals surface area contributed by atoms with Gasteiger partial charge in [-0.2, -0.15) is 5.10 Å². The molecule has 1 saturated heterocycles. The molecule has 10 nitrogen and oxygen atoms in total. The van der Waals surface area contributed by atoms with E-state index in [9.17, 15) is 18.0 Å². The van der Waals surface area contributed by atoms with Gasteiger partial charge in [-0.15, -0.1) is 0 Å². The fourth-order valence-corrected chi connectivity index (χ4v) is 5.06. The summed E-state index contributed by atoms with van der Waals surface area (Å²) in [7, 11) is 1.88. The van der Waals surface area contributed by atoms with Crippen LogP contribution < -0.4 is 5.32 Å². The molecule has 2 unspecified atom stereocenters. The van der Waals surface area contributed by atoms with Crippen LogP contribution in [0, 0.1) is 17.5 Å². The maximum Gasteiger partial charge on any atom is 0.254 e. The topological polar surface area (TPSA) is 118 Å². The lowest BCUT2D eigenvalue weighted by atomic mass is 9.99. The van der Waals surface area contributed by atoms with E-state index in [1.807, 2.05) is 16.5 Å². The number of aromatic amines is 1. The molecule has 198 valence electrons. The minimum Gasteiger partial charge on any atom is -0.348 e. The molecular weight excluding hydrogens is 511 g/mol. The van der Waals surface area contributed by atoms with E-state index in [0.717, 1.165) is 18.2 Å². The van der Waals surface area contributed by atoms with Gasteiger partial charge >= 0.3 is 0 Å². The van der Waals surface area contributed by atoms with E-state index in [1.165, 1.54) is 24.7 Å². The molecule has 0 radical (unpaired) electrons. The van der Waals surface area contributed by atoms with Crippen molar-refractivity contribution >= 4 is 16.9 Å². The van der Waals surface area contributed by atoms with E-state index in [-0.39, 0.29) is 17.3 Å². The van der Waals surface area contributed by atoms with Gasteiger partial charge in [-0.25, -0.2) is 28.1 Å². The zero-order valence-electron chi connectivity index (χ0n) is 20.6. The zero-order chi connectivity index (χ0) is 27.1. The Hall–Kier alpha value is -4.65. The number of hydrogen-bond acceptors (Lipinski definition) is 7. The lowest BCUT2D eigenvalue weighted by Crippen LogP contribution is -2.50. The van der Waals surface area contributed by atoms with Crippen molar-refractivity contribution in [2.75, 3.05) is 20.1 Å². The molecule has 1 aromatic carbocycles. The first-order valence-electron chi connectivity index (χ1n) is 12.2. The van der Waals surface area contributed by atoms with Crippen LogP contribution in [0.1, 0.15) is 22.8 Å². The summed E-state index contributed by atoms with van der Waals surface area (Å²) in [6.45, 7) is 1.03. The molecule has 1 fully saturated rings. The lowest BCUT2D eigenvalue weighted by Gasteiger charge is -2.37. The summed E-state index contributed by atoms with van der Waals surface area (Å²) in [5.41, 5.74) is 1.41. The highest BCUT2D eigenvalue weighted by Crippen LogP contribution is 2.33. The molecule has 2 atom stereocenters. The number of hydrogen-bond donors (Lipinski definition) is 2. The number of piperidine rings is 1. The second-order valence-electron chi connectivity index (χ2n) is 9.44. The van der Waals surface area contributed by atoms with Gasteiger partial charge in [0.15, 0.2) is 17.5 Å². The molecule has 1 aliphatic heterocycles. The Morgan fingerprint density at radius 3 is 2.74 bits per heavy atom. The SMILES string of the molecule is CN1CC(NC(=O)c2cc(F)ccc2F)CC(n2c(-c3ncccc3F)nc3cnc(-c4ncn[nH]4)cc32)C1. The maximum atomic E-state index is 14.9. The monoisotopic (exact) mass is 533 g/mol. The Morgan fingerprint density at radius 2 is 1.95 bits per heavy atom. The van der Waals surface area contributed by atoms with Gasteiger partial charge in [0.05, 0.1) is 23.3 Å². The first kappa shape index (κ1) is 24.7. The van der Waals surface area contributed by atoms with E-state index in [4.69, 9.17) is 0 Å². The maximum absolute atomic E-state index is 14.9. The lowest BCUT2D eigenvalue weighted by molar-refractivity contribution is 0.0889. The van der Waals surface area contributed by atoms with E-state index in [1.54, 1.807) is 12.3 Å². The van der Waals surface area contributed by atoms with E-state index in [2.05, 4.69) is 35.5 Å². The number of aromatic nitrogens is 7. The summed E-state index contributed by atoms with van der Waals surface area (Å²) >= 11 is 0. The van der Waals surface area contributed by atoms with Crippen molar-refractivity contribution in [3.8, 4) is 23.0 Å². The molecule has 0 bridgehead atoms. The number of carbonyl (C=O) groups excluding carboxylic acids is 1. The fraction of sp³-hybridized carbons (Fsp3) is 0.231. The molecule has 39 heavy (non-hydrogen) atoms. The number of fused-ring (bicyclic) bond motifs is 1. The van der Waals surface area contributed by atoms with Gasteiger partial charge in [-0.05, 0) is 49.9 Å². The number of rotatable bonds is 5. The van der Waals surface area contributed by atoms with Crippen molar-refractivity contribution in [2.45, 2.75) is 18.5 Å². The Morgan fingerprint density at radius 1 is 1.08 bits per heavy atom. The summed E-state index contributed by atoms with van der Waals surface area (Å²) in [5.74, 6) is -2.00. The van der Waals surface area contributed by atoms with Gasteiger partial charge in [0, 0.05) is 25.3 Å². The van der Waals surface area contributed by atoms with Crippen molar-refractivity contribution in [1.29, 1.82) is 0 Å². The van der Waals surface area contributed by atoms with Gasteiger partial charge < -0.3 is 14.8 Å². The molecule has 0 saturated carbocycles. The Kier molecular flexibility index (Phi) is 6.27. The van der Waals surface area contributed by atoms with E-state index in [0.29, 0.717) is 47.9 Å². The molecule has 1 aliphatic rings. The van der Waals surface area contributed by atoms with Gasteiger partial charge in [0.2, 0.25) is 0 Å². The molecule has 13 heteroatoms. The summed E-state index contributed by atoms with van der Waals surface area (Å²) < 4.78 is 44.8. The highest BCUT2D eigenvalue weighted by atomic mass is 19.1. The Bertz CT molecular complexity index is 1670. The van der Waals surface area contributed by atoms with Crippen LogP contribution in [-0.2, 0) is 0 Å². The Balaban J connectivity index is 1.41. The van der Waals surface area contributed by atoms with Crippen LogP contribution in [-0.4, -0.2) is 71.7 Å². The summed E-state index contributed by atoms with van der Waals surface area (Å²) in [5, 5.41) is 9.50. The number of nitrogens with one attached hydrogen (secondary N) is 2.